The summed E-state index contributed by atoms with van der Waals surface area (Å²) in [6, 6.07) is 1.83. The normalized spacial score (nSPS) is 20.1. The predicted octanol–water partition coefficient (Wildman–Crippen LogP) is 3.30. The SMILES string of the molecule is Cc1cc(NC2=CC(=O)CC(CC(C)C)C2)no1. The minimum Gasteiger partial charge on any atom is -0.360 e. The Bertz CT molecular complexity index is 460. The minimum absolute atomic E-state index is 0.203. The second-order valence-electron chi connectivity index (χ2n) is 5.49. The Kier molecular flexibility index (Phi) is 3.84. The van der Waals surface area contributed by atoms with Gasteiger partial charge in [0.2, 0.25) is 0 Å². The van der Waals surface area contributed by atoms with E-state index in [1.54, 1.807) is 6.08 Å². The molecule has 1 N–H and O–H groups in total. The van der Waals surface area contributed by atoms with Gasteiger partial charge in [-0.05, 0) is 31.6 Å². The number of hydrogen-bond acceptors (Lipinski definition) is 4. The molecule has 1 atom stereocenters. The number of nitrogens with one attached hydrogen (secondary N) is 1. The molecule has 0 aliphatic heterocycles. The van der Waals surface area contributed by atoms with Crippen molar-refractivity contribution in [2.24, 2.45) is 11.8 Å². The molecule has 1 aliphatic carbocycles. The molecule has 18 heavy (non-hydrogen) atoms. The number of hydrogen-bond donors (Lipinski definition) is 1. The molecule has 1 aliphatic rings. The summed E-state index contributed by atoms with van der Waals surface area (Å²) in [5.41, 5.74) is 0.949. The van der Waals surface area contributed by atoms with Crippen LogP contribution in [0.25, 0.3) is 0 Å². The third kappa shape index (κ3) is 3.45. The van der Waals surface area contributed by atoms with Gasteiger partial charge < -0.3 is 9.84 Å². The first-order chi connectivity index (χ1) is 8.52. The van der Waals surface area contributed by atoms with Crippen LogP contribution in [-0.2, 0) is 4.79 Å². The van der Waals surface area contributed by atoms with Crippen molar-refractivity contribution < 1.29 is 9.32 Å². The molecular formula is C14H20N2O2. The fraction of sp³-hybridized carbons (Fsp3) is 0.571. The highest BCUT2D eigenvalue weighted by molar-refractivity contribution is 5.91. The van der Waals surface area contributed by atoms with Gasteiger partial charge in [0.1, 0.15) is 5.76 Å². The average Bonchev–Trinajstić information content (AvgIpc) is 2.61. The van der Waals surface area contributed by atoms with Gasteiger partial charge in [-0.15, -0.1) is 0 Å². The summed E-state index contributed by atoms with van der Waals surface area (Å²) in [5.74, 6) is 2.71. The maximum Gasteiger partial charge on any atom is 0.173 e. The van der Waals surface area contributed by atoms with E-state index in [1.165, 1.54) is 0 Å². The first kappa shape index (κ1) is 12.9. The lowest BCUT2D eigenvalue weighted by molar-refractivity contribution is -0.116. The number of aryl methyl sites for hydroxylation is 1. The topological polar surface area (TPSA) is 55.1 Å². The summed E-state index contributed by atoms with van der Waals surface area (Å²) < 4.78 is 5.00. The summed E-state index contributed by atoms with van der Waals surface area (Å²) in [6.07, 6.45) is 4.36. The largest absolute Gasteiger partial charge is 0.360 e. The van der Waals surface area contributed by atoms with Crippen molar-refractivity contribution in [3.8, 4) is 0 Å². The summed E-state index contributed by atoms with van der Waals surface area (Å²) in [5, 5.41) is 7.05. The second kappa shape index (κ2) is 5.38. The van der Waals surface area contributed by atoms with E-state index in [0.29, 0.717) is 24.1 Å². The van der Waals surface area contributed by atoms with Crippen molar-refractivity contribution >= 4 is 11.6 Å². The highest BCUT2D eigenvalue weighted by atomic mass is 16.5. The van der Waals surface area contributed by atoms with Gasteiger partial charge in [0, 0.05) is 24.3 Å². The third-order valence-electron chi connectivity index (χ3n) is 3.05. The molecule has 0 amide bonds. The Morgan fingerprint density at radius 2 is 2.28 bits per heavy atom. The maximum absolute atomic E-state index is 11.7. The molecule has 0 saturated carbocycles. The maximum atomic E-state index is 11.7. The molecule has 0 saturated heterocycles. The lowest BCUT2D eigenvalue weighted by Crippen LogP contribution is -2.19. The lowest BCUT2D eigenvalue weighted by Gasteiger charge is -2.23. The second-order valence-corrected chi connectivity index (χ2v) is 5.49. The van der Waals surface area contributed by atoms with Gasteiger partial charge in [-0.2, -0.15) is 0 Å². The van der Waals surface area contributed by atoms with Crippen LogP contribution >= 0.6 is 0 Å². The molecule has 4 heteroatoms. The van der Waals surface area contributed by atoms with Crippen LogP contribution in [0.4, 0.5) is 5.82 Å². The van der Waals surface area contributed by atoms with Crippen molar-refractivity contribution in [2.75, 3.05) is 5.32 Å². The number of allylic oxidation sites excluding steroid dienone is 2. The van der Waals surface area contributed by atoms with Crippen LogP contribution < -0.4 is 5.32 Å². The number of carbonyl (C=O) groups is 1. The molecular weight excluding hydrogens is 228 g/mol. The molecule has 0 fully saturated rings. The quantitative estimate of drug-likeness (QED) is 0.888. The van der Waals surface area contributed by atoms with E-state index in [1.807, 2.05) is 13.0 Å². The van der Waals surface area contributed by atoms with Crippen LogP contribution in [0.1, 0.15) is 38.9 Å². The van der Waals surface area contributed by atoms with Crippen molar-refractivity contribution in [3.63, 3.8) is 0 Å². The van der Waals surface area contributed by atoms with E-state index in [-0.39, 0.29) is 5.78 Å². The summed E-state index contributed by atoms with van der Waals surface area (Å²) in [6.45, 7) is 6.23. The Hall–Kier alpha value is -1.58. The van der Waals surface area contributed by atoms with Gasteiger partial charge in [-0.3, -0.25) is 4.79 Å². The van der Waals surface area contributed by atoms with Crippen LogP contribution in [0.2, 0.25) is 0 Å². The van der Waals surface area contributed by atoms with Crippen LogP contribution in [0.5, 0.6) is 0 Å². The molecule has 1 aromatic heterocycles. The van der Waals surface area contributed by atoms with E-state index in [2.05, 4.69) is 24.3 Å². The van der Waals surface area contributed by atoms with Crippen LogP contribution in [0.3, 0.4) is 0 Å². The highest BCUT2D eigenvalue weighted by Crippen LogP contribution is 2.28. The van der Waals surface area contributed by atoms with E-state index in [9.17, 15) is 4.79 Å². The van der Waals surface area contributed by atoms with Crippen LogP contribution in [0, 0.1) is 18.8 Å². The van der Waals surface area contributed by atoms with E-state index in [4.69, 9.17) is 4.52 Å². The molecule has 1 unspecified atom stereocenters. The van der Waals surface area contributed by atoms with Crippen molar-refractivity contribution in [3.05, 3.63) is 23.6 Å². The molecule has 1 heterocycles. The molecule has 0 bridgehead atoms. The number of aromatic nitrogens is 1. The standard InChI is InChI=1S/C14H20N2O2/c1-9(2)4-11-6-12(8-13(17)7-11)15-14-5-10(3)18-16-14/h5,8-9,11H,4,6-7H2,1-3H3,(H,15,16). The highest BCUT2D eigenvalue weighted by Gasteiger charge is 2.22. The van der Waals surface area contributed by atoms with Gasteiger partial charge in [0.15, 0.2) is 11.6 Å². The fourth-order valence-corrected chi connectivity index (χ4v) is 2.49. The van der Waals surface area contributed by atoms with Crippen molar-refractivity contribution in [1.29, 1.82) is 0 Å². The predicted molar refractivity (Wildman–Crippen MR) is 70.1 cm³/mol. The molecule has 0 aromatic carbocycles. The third-order valence-corrected chi connectivity index (χ3v) is 3.05. The minimum atomic E-state index is 0.203. The van der Waals surface area contributed by atoms with E-state index in [0.717, 1.165) is 24.3 Å². The summed E-state index contributed by atoms with van der Waals surface area (Å²) in [7, 11) is 0. The molecule has 1 aromatic rings. The smallest absolute Gasteiger partial charge is 0.173 e. The molecule has 0 radical (unpaired) electrons. The Morgan fingerprint density at radius 3 is 2.89 bits per heavy atom. The molecule has 98 valence electrons. The summed E-state index contributed by atoms with van der Waals surface area (Å²) >= 11 is 0. The Labute approximate surface area is 107 Å². The number of ketones is 1. The number of rotatable bonds is 4. The van der Waals surface area contributed by atoms with E-state index >= 15 is 0 Å². The van der Waals surface area contributed by atoms with Gasteiger partial charge in [0.05, 0.1) is 0 Å². The van der Waals surface area contributed by atoms with E-state index < -0.39 is 0 Å². The zero-order valence-corrected chi connectivity index (χ0v) is 11.2. The van der Waals surface area contributed by atoms with Gasteiger partial charge in [-0.1, -0.05) is 19.0 Å². The molecule has 4 nitrogen and oxygen atoms in total. The van der Waals surface area contributed by atoms with Gasteiger partial charge in [0.25, 0.3) is 0 Å². The zero-order valence-electron chi connectivity index (χ0n) is 11.2. The Morgan fingerprint density at radius 1 is 1.50 bits per heavy atom. The van der Waals surface area contributed by atoms with Crippen LogP contribution in [-0.4, -0.2) is 10.9 Å². The van der Waals surface area contributed by atoms with Gasteiger partial charge >= 0.3 is 0 Å². The average molecular weight is 248 g/mol. The first-order valence-corrected chi connectivity index (χ1v) is 6.46. The fourth-order valence-electron chi connectivity index (χ4n) is 2.49. The van der Waals surface area contributed by atoms with Gasteiger partial charge in [-0.25, -0.2) is 0 Å². The zero-order chi connectivity index (χ0) is 13.1. The molecule has 2 rings (SSSR count). The Balaban J connectivity index is 2.01. The van der Waals surface area contributed by atoms with Crippen LogP contribution in [0.15, 0.2) is 22.4 Å². The lowest BCUT2D eigenvalue weighted by atomic mass is 9.85. The summed E-state index contributed by atoms with van der Waals surface area (Å²) in [4.78, 5) is 11.7. The number of anilines is 1. The first-order valence-electron chi connectivity index (χ1n) is 6.46. The number of carbonyl (C=O) groups excluding carboxylic acids is 1. The number of nitrogens with zero attached hydrogens (tertiary/aromatic N) is 1. The van der Waals surface area contributed by atoms with Crippen molar-refractivity contribution in [2.45, 2.75) is 40.0 Å². The van der Waals surface area contributed by atoms with Crippen molar-refractivity contribution in [1.82, 2.24) is 5.16 Å². The molecule has 0 spiro atoms. The monoisotopic (exact) mass is 248 g/mol.